The minimum atomic E-state index is -0.533. The number of hydrogen-bond acceptors (Lipinski definition) is 3. The van der Waals surface area contributed by atoms with E-state index in [1.54, 1.807) is 6.07 Å². The molecule has 0 fully saturated rings. The number of hydrogen-bond donors (Lipinski definition) is 0. The lowest BCUT2D eigenvalue weighted by Gasteiger charge is -1.97. The molecule has 0 bridgehead atoms. The second-order valence-corrected chi connectivity index (χ2v) is 4.24. The van der Waals surface area contributed by atoms with Crippen LogP contribution in [0.4, 0.5) is 5.88 Å². The Hall–Kier alpha value is -2.21. The fourth-order valence-electron chi connectivity index (χ4n) is 2.01. The first-order valence-corrected chi connectivity index (χ1v) is 5.83. The van der Waals surface area contributed by atoms with Crippen LogP contribution in [0.5, 0.6) is 0 Å². The Morgan fingerprint density at radius 1 is 1.10 bits per heavy atom. The van der Waals surface area contributed by atoms with Crippen molar-refractivity contribution in [2.24, 2.45) is 0 Å². The van der Waals surface area contributed by atoms with E-state index in [4.69, 9.17) is 4.42 Å². The van der Waals surface area contributed by atoms with E-state index in [0.717, 1.165) is 10.8 Å². The molecule has 0 unspecified atom stereocenters. The van der Waals surface area contributed by atoms with Crippen molar-refractivity contribution in [3.63, 3.8) is 0 Å². The van der Waals surface area contributed by atoms with Gasteiger partial charge in [-0.05, 0) is 17.5 Å². The Morgan fingerprint density at radius 2 is 1.85 bits per heavy atom. The van der Waals surface area contributed by atoms with Crippen molar-refractivity contribution in [1.82, 2.24) is 0 Å². The number of fused-ring (bicyclic) bond motifs is 1. The van der Waals surface area contributed by atoms with E-state index in [1.807, 2.05) is 47.3 Å². The minimum Gasteiger partial charge on any atom is -1.00 e. The van der Waals surface area contributed by atoms with Crippen molar-refractivity contribution in [2.75, 3.05) is 0 Å². The lowest BCUT2D eigenvalue weighted by molar-refractivity contribution is -0.688. The van der Waals surface area contributed by atoms with Crippen molar-refractivity contribution in [3.05, 3.63) is 70.7 Å². The summed E-state index contributed by atoms with van der Waals surface area (Å²) in [6, 6.07) is 13.0. The van der Waals surface area contributed by atoms with Crippen LogP contribution >= 0.6 is 0 Å². The third-order valence-electron chi connectivity index (χ3n) is 2.91. The molecule has 0 atom stereocenters. The Kier molecular flexibility index (Phi) is 4.14. The Morgan fingerprint density at radius 3 is 2.55 bits per heavy atom. The molecule has 3 rings (SSSR count). The minimum absolute atomic E-state index is 0. The molecule has 0 aliphatic heterocycles. The molecule has 0 amide bonds. The van der Waals surface area contributed by atoms with Crippen LogP contribution in [0.15, 0.2) is 59.3 Å². The summed E-state index contributed by atoms with van der Waals surface area (Å²) in [5.74, 6) is 0.336. The number of furan rings is 1. The summed E-state index contributed by atoms with van der Waals surface area (Å²) >= 11 is 0. The van der Waals surface area contributed by atoms with Crippen molar-refractivity contribution < 1.29 is 30.9 Å². The van der Waals surface area contributed by atoms with Crippen molar-refractivity contribution in [3.8, 4) is 0 Å². The van der Waals surface area contributed by atoms with Gasteiger partial charge in [0.25, 0.3) is 0 Å². The quantitative estimate of drug-likeness (QED) is 0.375. The topological polar surface area (TPSA) is 60.2 Å². The molecule has 5 nitrogen and oxygen atoms in total. The Balaban J connectivity index is 0.00000147. The highest BCUT2D eigenvalue weighted by Gasteiger charge is 2.14. The van der Waals surface area contributed by atoms with E-state index in [1.165, 1.54) is 6.07 Å². The average molecular weight is 335 g/mol. The number of benzene rings is 1. The molecular formula is C14H11BrN2O3. The zero-order valence-electron chi connectivity index (χ0n) is 10.4. The molecule has 0 N–H and O–H groups in total. The lowest BCUT2D eigenvalue weighted by atomic mass is 10.2. The SMILES string of the molecule is O=[N+]([O-])c1ccc(C[n+]2ccc3ccccc3c2)o1.[Br-]. The summed E-state index contributed by atoms with van der Waals surface area (Å²) < 4.78 is 7.08. The number of pyridine rings is 1. The molecule has 2 heterocycles. The van der Waals surface area contributed by atoms with Crippen molar-refractivity contribution in [1.29, 1.82) is 0 Å². The third kappa shape index (κ3) is 2.85. The normalized spacial score (nSPS) is 10.2. The molecule has 0 saturated carbocycles. The van der Waals surface area contributed by atoms with Crippen LogP contribution in [0, 0.1) is 10.1 Å². The van der Waals surface area contributed by atoms with Crippen LogP contribution in [0.3, 0.4) is 0 Å². The lowest BCUT2D eigenvalue weighted by Crippen LogP contribution is -3.00. The molecule has 0 radical (unpaired) electrons. The molecule has 102 valence electrons. The van der Waals surface area contributed by atoms with Gasteiger partial charge in [-0.2, -0.15) is 4.57 Å². The standard InChI is InChI=1S/C14H11N2O3.BrH/c17-16(18)14-6-5-13(19-14)10-15-8-7-11-3-1-2-4-12(11)9-15;/h1-9H,10H2;1H/q+1;/p-1. The zero-order chi connectivity index (χ0) is 13.2. The average Bonchev–Trinajstić information content (AvgIpc) is 2.87. The van der Waals surface area contributed by atoms with Crippen LogP contribution in [0.2, 0.25) is 0 Å². The van der Waals surface area contributed by atoms with Gasteiger partial charge in [0, 0.05) is 11.5 Å². The molecule has 3 aromatic rings. The van der Waals surface area contributed by atoms with Gasteiger partial charge >= 0.3 is 5.88 Å². The predicted octanol–water partition coefficient (Wildman–Crippen LogP) is -0.319. The van der Waals surface area contributed by atoms with Gasteiger partial charge in [0.1, 0.15) is 4.92 Å². The fourth-order valence-corrected chi connectivity index (χ4v) is 2.01. The summed E-state index contributed by atoms with van der Waals surface area (Å²) in [6.45, 7) is 0.471. The highest BCUT2D eigenvalue weighted by Crippen LogP contribution is 2.15. The summed E-state index contributed by atoms with van der Waals surface area (Å²) in [4.78, 5) is 10.0. The first kappa shape index (κ1) is 14.2. The molecule has 20 heavy (non-hydrogen) atoms. The summed E-state index contributed by atoms with van der Waals surface area (Å²) in [5, 5.41) is 12.8. The fraction of sp³-hybridized carbons (Fsp3) is 0.0714. The number of nitrogens with zero attached hydrogens (tertiary/aromatic N) is 2. The van der Waals surface area contributed by atoms with Gasteiger partial charge < -0.3 is 21.4 Å². The molecule has 1 aromatic carbocycles. The molecule has 6 heteroatoms. The van der Waals surface area contributed by atoms with Gasteiger partial charge in [-0.15, -0.1) is 0 Å². The molecule has 0 saturated heterocycles. The molecule has 0 aliphatic carbocycles. The van der Waals surface area contributed by atoms with Crippen molar-refractivity contribution >= 4 is 16.7 Å². The molecule has 0 aliphatic rings. The first-order chi connectivity index (χ1) is 9.22. The summed E-state index contributed by atoms with van der Waals surface area (Å²) in [5.41, 5.74) is 0. The van der Waals surface area contributed by atoms with Gasteiger partial charge in [-0.1, -0.05) is 18.2 Å². The van der Waals surface area contributed by atoms with Crippen LogP contribution in [-0.4, -0.2) is 4.92 Å². The van der Waals surface area contributed by atoms with Crippen LogP contribution in [-0.2, 0) is 6.54 Å². The van der Waals surface area contributed by atoms with E-state index in [9.17, 15) is 10.1 Å². The maximum atomic E-state index is 10.5. The molecular weight excluding hydrogens is 324 g/mol. The number of rotatable bonds is 3. The van der Waals surface area contributed by atoms with E-state index >= 15 is 0 Å². The smallest absolute Gasteiger partial charge is 0.433 e. The first-order valence-electron chi connectivity index (χ1n) is 5.83. The highest BCUT2D eigenvalue weighted by molar-refractivity contribution is 5.80. The molecule has 2 aromatic heterocycles. The number of nitro groups is 1. The second kappa shape index (κ2) is 5.83. The van der Waals surface area contributed by atoms with Gasteiger partial charge in [0.2, 0.25) is 6.54 Å². The maximum Gasteiger partial charge on any atom is 0.433 e. The van der Waals surface area contributed by atoms with Gasteiger partial charge in [-0.25, -0.2) is 0 Å². The molecule has 0 spiro atoms. The van der Waals surface area contributed by atoms with Crippen LogP contribution < -0.4 is 21.5 Å². The predicted molar refractivity (Wildman–Crippen MR) is 68.6 cm³/mol. The van der Waals surface area contributed by atoms with Crippen LogP contribution in [0.1, 0.15) is 5.76 Å². The van der Waals surface area contributed by atoms with Gasteiger partial charge in [0.15, 0.2) is 18.2 Å². The zero-order valence-corrected chi connectivity index (χ0v) is 12.0. The van der Waals surface area contributed by atoms with E-state index in [0.29, 0.717) is 12.3 Å². The highest BCUT2D eigenvalue weighted by atomic mass is 79.9. The monoisotopic (exact) mass is 334 g/mol. The van der Waals surface area contributed by atoms with E-state index in [2.05, 4.69) is 0 Å². The third-order valence-corrected chi connectivity index (χ3v) is 2.91. The van der Waals surface area contributed by atoms with Gasteiger partial charge in [-0.3, -0.25) is 10.1 Å². The summed E-state index contributed by atoms with van der Waals surface area (Å²) in [6.07, 6.45) is 3.92. The Bertz CT molecular complexity index is 755. The van der Waals surface area contributed by atoms with E-state index < -0.39 is 4.92 Å². The number of halogens is 1. The van der Waals surface area contributed by atoms with Crippen LogP contribution in [0.25, 0.3) is 10.8 Å². The van der Waals surface area contributed by atoms with Crippen molar-refractivity contribution in [2.45, 2.75) is 6.54 Å². The number of aromatic nitrogens is 1. The Labute approximate surface area is 125 Å². The summed E-state index contributed by atoms with van der Waals surface area (Å²) in [7, 11) is 0. The largest absolute Gasteiger partial charge is 1.00 e. The maximum absolute atomic E-state index is 10.5. The second-order valence-electron chi connectivity index (χ2n) is 4.24. The van der Waals surface area contributed by atoms with Gasteiger partial charge in [0.05, 0.1) is 6.07 Å². The van der Waals surface area contributed by atoms with E-state index in [-0.39, 0.29) is 22.9 Å².